The van der Waals surface area contributed by atoms with E-state index in [1.165, 1.54) is 41.3 Å². The van der Waals surface area contributed by atoms with Gasteiger partial charge in [-0.15, -0.1) is 22.7 Å². The van der Waals surface area contributed by atoms with E-state index >= 15 is 0 Å². The number of rotatable bonds is 4. The Morgan fingerprint density at radius 2 is 1.92 bits per heavy atom. The number of anilines is 1. The molecule has 0 bridgehead atoms. The van der Waals surface area contributed by atoms with E-state index in [1.807, 2.05) is 24.3 Å². The Balaban J connectivity index is 1.69. The summed E-state index contributed by atoms with van der Waals surface area (Å²) in [6, 6.07) is 14.0. The summed E-state index contributed by atoms with van der Waals surface area (Å²) in [5.41, 5.74) is 0.160. The van der Waals surface area contributed by atoms with Crippen LogP contribution in [0.2, 0.25) is 0 Å². The third-order valence-corrected chi connectivity index (χ3v) is 6.33. The van der Waals surface area contributed by atoms with E-state index in [4.69, 9.17) is 4.74 Å². The van der Waals surface area contributed by atoms with Gasteiger partial charge >= 0.3 is 0 Å². The molecule has 0 spiro atoms. The number of benzene rings is 2. The molecule has 0 saturated heterocycles. The number of thiophene rings is 2. The van der Waals surface area contributed by atoms with E-state index in [1.54, 1.807) is 11.3 Å². The molecule has 1 amide bonds. The van der Waals surface area contributed by atoms with Crippen LogP contribution in [0.1, 0.15) is 9.67 Å². The summed E-state index contributed by atoms with van der Waals surface area (Å²) in [4.78, 5) is 23.7. The zero-order chi connectivity index (χ0) is 18.3. The molecule has 0 aliphatic rings. The number of hydrogen-bond donors (Lipinski definition) is 1. The van der Waals surface area contributed by atoms with Crippen molar-refractivity contribution in [2.75, 3.05) is 12.4 Å². The number of carbonyl (C=O) groups excluding carboxylic acids is 1. The Bertz CT molecular complexity index is 1160. The second-order valence-electron chi connectivity index (χ2n) is 5.50. The highest BCUT2D eigenvalue weighted by molar-refractivity contribution is 7.33. The van der Waals surface area contributed by atoms with Gasteiger partial charge in [-0.3, -0.25) is 14.9 Å². The number of ether oxygens (including phenoxy) is 1. The quantitative estimate of drug-likeness (QED) is 0.383. The van der Waals surface area contributed by atoms with Crippen LogP contribution < -0.4 is 10.1 Å². The lowest BCUT2D eigenvalue weighted by atomic mass is 10.2. The molecule has 8 heteroatoms. The Morgan fingerprint density at radius 1 is 1.12 bits per heavy atom. The highest BCUT2D eigenvalue weighted by Gasteiger charge is 2.18. The number of nitro benzene ring substituents is 1. The van der Waals surface area contributed by atoms with Crippen molar-refractivity contribution in [2.45, 2.75) is 0 Å². The number of nitrogens with zero attached hydrogens (tertiary/aromatic N) is 1. The van der Waals surface area contributed by atoms with Crippen LogP contribution in [-0.4, -0.2) is 17.9 Å². The van der Waals surface area contributed by atoms with E-state index in [2.05, 4.69) is 11.4 Å². The van der Waals surface area contributed by atoms with Gasteiger partial charge in [0.1, 0.15) is 5.75 Å². The van der Waals surface area contributed by atoms with Crippen molar-refractivity contribution in [3.05, 3.63) is 63.5 Å². The molecule has 130 valence electrons. The first-order chi connectivity index (χ1) is 12.6. The fraction of sp³-hybridized carbons (Fsp3) is 0.0556. The average Bonchev–Trinajstić information content (AvgIpc) is 3.19. The van der Waals surface area contributed by atoms with Gasteiger partial charge in [0.15, 0.2) is 0 Å². The molecule has 2 aromatic heterocycles. The predicted molar refractivity (Wildman–Crippen MR) is 105 cm³/mol. The fourth-order valence-corrected chi connectivity index (χ4v) is 5.12. The molecular formula is C18H12N2O4S2. The van der Waals surface area contributed by atoms with Crippen molar-refractivity contribution in [3.63, 3.8) is 0 Å². The number of amides is 1. The average molecular weight is 384 g/mol. The Hall–Kier alpha value is -2.97. The molecule has 4 rings (SSSR count). The molecule has 0 unspecified atom stereocenters. The lowest BCUT2D eigenvalue weighted by Gasteiger charge is -2.09. The molecule has 2 heterocycles. The van der Waals surface area contributed by atoms with Crippen molar-refractivity contribution in [1.29, 1.82) is 0 Å². The molecule has 0 saturated carbocycles. The normalized spacial score (nSPS) is 11.0. The van der Waals surface area contributed by atoms with Gasteiger partial charge in [-0.05, 0) is 18.2 Å². The van der Waals surface area contributed by atoms with Crippen molar-refractivity contribution >= 4 is 59.4 Å². The van der Waals surface area contributed by atoms with Gasteiger partial charge in [0.05, 0.1) is 27.3 Å². The number of hydrogen-bond acceptors (Lipinski definition) is 6. The maximum atomic E-state index is 12.6. The van der Waals surface area contributed by atoms with Gasteiger partial charge in [0.2, 0.25) is 0 Å². The zero-order valence-electron chi connectivity index (χ0n) is 13.5. The Labute approximate surface area is 155 Å². The van der Waals surface area contributed by atoms with Crippen LogP contribution in [0.4, 0.5) is 11.4 Å². The summed E-state index contributed by atoms with van der Waals surface area (Å²) in [6.07, 6.45) is 0. The molecule has 6 nitrogen and oxygen atoms in total. The van der Waals surface area contributed by atoms with Crippen molar-refractivity contribution in [1.82, 2.24) is 0 Å². The number of fused-ring (bicyclic) bond motifs is 3. The molecule has 0 aliphatic heterocycles. The van der Waals surface area contributed by atoms with E-state index in [-0.39, 0.29) is 17.3 Å². The minimum absolute atomic E-state index is 0.112. The number of nitrogens with one attached hydrogen (secondary N) is 1. The van der Waals surface area contributed by atoms with Crippen LogP contribution in [0, 0.1) is 10.1 Å². The Kier molecular flexibility index (Phi) is 4.06. The minimum Gasteiger partial charge on any atom is -0.495 e. The highest BCUT2D eigenvalue weighted by Crippen LogP contribution is 2.39. The highest BCUT2D eigenvalue weighted by atomic mass is 32.1. The molecule has 0 aliphatic carbocycles. The first kappa shape index (κ1) is 16.5. The number of nitro groups is 1. The second-order valence-corrected chi connectivity index (χ2v) is 7.63. The third-order valence-electron chi connectivity index (χ3n) is 3.92. The van der Waals surface area contributed by atoms with Gasteiger partial charge in [0, 0.05) is 26.9 Å². The van der Waals surface area contributed by atoms with E-state index in [9.17, 15) is 14.9 Å². The monoisotopic (exact) mass is 384 g/mol. The smallest absolute Gasteiger partial charge is 0.271 e. The largest absolute Gasteiger partial charge is 0.495 e. The van der Waals surface area contributed by atoms with Crippen LogP contribution in [0.3, 0.4) is 0 Å². The molecule has 0 fully saturated rings. The molecule has 1 N–H and O–H groups in total. The molecular weight excluding hydrogens is 372 g/mol. The maximum absolute atomic E-state index is 12.6. The summed E-state index contributed by atoms with van der Waals surface area (Å²) < 4.78 is 8.49. The van der Waals surface area contributed by atoms with Crippen molar-refractivity contribution in [2.24, 2.45) is 0 Å². The van der Waals surface area contributed by atoms with Crippen LogP contribution in [0.25, 0.3) is 19.5 Å². The van der Waals surface area contributed by atoms with Gasteiger partial charge in [-0.25, -0.2) is 0 Å². The van der Waals surface area contributed by atoms with Gasteiger partial charge < -0.3 is 10.1 Å². The van der Waals surface area contributed by atoms with Crippen LogP contribution in [0.15, 0.2) is 48.5 Å². The van der Waals surface area contributed by atoms with Gasteiger partial charge in [-0.2, -0.15) is 0 Å². The van der Waals surface area contributed by atoms with E-state index in [0.717, 1.165) is 14.8 Å². The minimum atomic E-state index is -0.512. The lowest BCUT2D eigenvalue weighted by Crippen LogP contribution is -2.11. The van der Waals surface area contributed by atoms with Crippen LogP contribution in [0.5, 0.6) is 5.75 Å². The SMILES string of the molecule is COc1ccc([N+](=O)[O-])cc1NC(=O)c1cc2sc3ccccc3c2s1. The lowest BCUT2D eigenvalue weighted by molar-refractivity contribution is -0.384. The molecule has 2 aromatic carbocycles. The second kappa shape index (κ2) is 6.40. The predicted octanol–water partition coefficient (Wildman–Crippen LogP) is 5.29. The Morgan fingerprint density at radius 3 is 2.69 bits per heavy atom. The summed E-state index contributed by atoms with van der Waals surface area (Å²) in [5, 5.41) is 14.8. The molecule has 0 atom stereocenters. The van der Waals surface area contributed by atoms with Crippen molar-refractivity contribution < 1.29 is 14.5 Å². The first-order valence-electron chi connectivity index (χ1n) is 7.61. The zero-order valence-corrected chi connectivity index (χ0v) is 15.1. The number of methoxy groups -OCH3 is 1. The number of carbonyl (C=O) groups is 1. The fourth-order valence-electron chi connectivity index (χ4n) is 2.70. The molecule has 4 aromatic rings. The van der Waals surface area contributed by atoms with E-state index in [0.29, 0.717) is 10.6 Å². The van der Waals surface area contributed by atoms with Crippen LogP contribution in [-0.2, 0) is 0 Å². The molecule has 26 heavy (non-hydrogen) atoms. The van der Waals surface area contributed by atoms with Crippen molar-refractivity contribution in [3.8, 4) is 5.75 Å². The third kappa shape index (κ3) is 2.79. The standard InChI is InChI=1S/C18H12N2O4S2/c1-24-13-7-6-10(20(22)23)8-12(13)19-18(21)16-9-15-17(26-16)11-4-2-3-5-14(11)25-15/h2-9H,1H3,(H,19,21). The number of non-ortho nitro benzene ring substituents is 1. The summed E-state index contributed by atoms with van der Waals surface area (Å²) in [7, 11) is 1.45. The maximum Gasteiger partial charge on any atom is 0.271 e. The summed E-state index contributed by atoms with van der Waals surface area (Å²) in [6.45, 7) is 0. The van der Waals surface area contributed by atoms with Crippen LogP contribution >= 0.6 is 22.7 Å². The van der Waals surface area contributed by atoms with Gasteiger partial charge in [0.25, 0.3) is 11.6 Å². The van der Waals surface area contributed by atoms with E-state index < -0.39 is 4.92 Å². The van der Waals surface area contributed by atoms with Gasteiger partial charge in [-0.1, -0.05) is 18.2 Å². The molecule has 0 radical (unpaired) electrons. The summed E-state index contributed by atoms with van der Waals surface area (Å²) in [5.74, 6) is 0.0500. The topological polar surface area (TPSA) is 81.5 Å². The summed E-state index contributed by atoms with van der Waals surface area (Å²) >= 11 is 3.05. The first-order valence-corrected chi connectivity index (χ1v) is 9.25.